The number of hydrogen-bond donors (Lipinski definition) is 9. The smallest absolute Gasteiger partial charge is 0.220 e. The highest BCUT2D eigenvalue weighted by Crippen LogP contribution is 2.30. The molecule has 2 fully saturated rings. The summed E-state index contributed by atoms with van der Waals surface area (Å²) in [6, 6.07) is -0.938. The Labute approximate surface area is 576 Å². The molecule has 2 saturated heterocycles. The summed E-state index contributed by atoms with van der Waals surface area (Å²) in [6.45, 7) is 2.84. The molecule has 554 valence electrons. The molecule has 94 heavy (non-hydrogen) atoms. The van der Waals surface area contributed by atoms with Gasteiger partial charge in [-0.2, -0.15) is 0 Å². The molecule has 12 unspecified atom stereocenters. The van der Waals surface area contributed by atoms with Crippen LogP contribution in [0.3, 0.4) is 0 Å². The molecule has 0 aromatic heterocycles. The number of rotatable bonds is 68. The number of nitrogens with one attached hydrogen (secondary N) is 1. The Morgan fingerprint density at radius 3 is 1.04 bits per heavy atom. The lowest BCUT2D eigenvalue weighted by Gasteiger charge is -2.46. The van der Waals surface area contributed by atoms with Gasteiger partial charge >= 0.3 is 0 Å². The first-order chi connectivity index (χ1) is 46.1. The van der Waals surface area contributed by atoms with Crippen LogP contribution in [0.4, 0.5) is 0 Å². The van der Waals surface area contributed by atoms with Crippen LogP contribution in [-0.4, -0.2) is 140 Å². The van der Waals surface area contributed by atoms with Gasteiger partial charge in [0.15, 0.2) is 12.6 Å². The fraction of sp³-hybridized carbons (Fsp3) is 0.912. The maximum Gasteiger partial charge on any atom is 0.220 e. The summed E-state index contributed by atoms with van der Waals surface area (Å²) in [5.41, 5.74) is 0. The average molecular weight is 1340 g/mol. The number of amides is 1. The van der Waals surface area contributed by atoms with Gasteiger partial charge in [0.2, 0.25) is 5.91 Å². The van der Waals surface area contributed by atoms with E-state index in [1.165, 1.54) is 295 Å². The van der Waals surface area contributed by atoms with Gasteiger partial charge in [-0.05, 0) is 44.9 Å². The van der Waals surface area contributed by atoms with Crippen molar-refractivity contribution >= 4 is 5.91 Å². The number of aliphatic hydroxyl groups is 8. The van der Waals surface area contributed by atoms with Gasteiger partial charge in [0.25, 0.3) is 0 Å². The lowest BCUT2D eigenvalue weighted by molar-refractivity contribution is -0.359. The van der Waals surface area contributed by atoms with Gasteiger partial charge in [0.1, 0.15) is 48.8 Å². The first-order valence-electron chi connectivity index (χ1n) is 40.2. The van der Waals surface area contributed by atoms with Crippen LogP contribution in [0.15, 0.2) is 36.5 Å². The van der Waals surface area contributed by atoms with E-state index in [1.54, 1.807) is 6.08 Å². The summed E-state index contributed by atoms with van der Waals surface area (Å²) in [4.78, 5) is 13.4. The van der Waals surface area contributed by atoms with Crippen molar-refractivity contribution in [2.45, 2.75) is 447 Å². The van der Waals surface area contributed by atoms with E-state index in [9.17, 15) is 45.6 Å². The first-order valence-corrected chi connectivity index (χ1v) is 40.2. The fourth-order valence-electron chi connectivity index (χ4n) is 13.4. The number of carbonyl (C=O) groups is 1. The normalized spacial score (nSPS) is 22.6. The van der Waals surface area contributed by atoms with Crippen LogP contribution in [0, 0.1) is 0 Å². The van der Waals surface area contributed by atoms with E-state index in [1.807, 2.05) is 6.08 Å². The van der Waals surface area contributed by atoms with Gasteiger partial charge in [-0.25, -0.2) is 0 Å². The van der Waals surface area contributed by atoms with Crippen molar-refractivity contribution in [2.24, 2.45) is 0 Å². The zero-order chi connectivity index (χ0) is 68.0. The van der Waals surface area contributed by atoms with Crippen molar-refractivity contribution in [2.75, 3.05) is 19.8 Å². The van der Waals surface area contributed by atoms with Crippen molar-refractivity contribution < 1.29 is 64.6 Å². The fourth-order valence-corrected chi connectivity index (χ4v) is 13.4. The van der Waals surface area contributed by atoms with E-state index in [4.69, 9.17) is 18.9 Å². The van der Waals surface area contributed by atoms with Gasteiger partial charge in [-0.1, -0.05) is 359 Å². The second kappa shape index (κ2) is 64.6. The molecule has 14 heteroatoms. The predicted octanol–water partition coefficient (Wildman–Crippen LogP) is 18.0. The minimum Gasteiger partial charge on any atom is -0.394 e. The topological polar surface area (TPSA) is 228 Å². The molecule has 2 rings (SSSR count). The van der Waals surface area contributed by atoms with Crippen molar-refractivity contribution in [1.82, 2.24) is 5.32 Å². The van der Waals surface area contributed by atoms with Crippen LogP contribution in [0.25, 0.3) is 0 Å². The number of unbranched alkanes of at least 4 members (excludes halogenated alkanes) is 51. The summed E-state index contributed by atoms with van der Waals surface area (Å²) in [5.74, 6) is -0.245. The molecule has 2 aliphatic heterocycles. The summed E-state index contributed by atoms with van der Waals surface area (Å²) >= 11 is 0. The second-order valence-corrected chi connectivity index (χ2v) is 28.5. The highest BCUT2D eigenvalue weighted by atomic mass is 16.7. The number of ether oxygens (including phenoxy) is 4. The van der Waals surface area contributed by atoms with E-state index >= 15 is 0 Å². The summed E-state index contributed by atoms with van der Waals surface area (Å²) in [6.07, 6.45) is 68.1. The highest BCUT2D eigenvalue weighted by molar-refractivity contribution is 5.76. The van der Waals surface area contributed by atoms with Crippen molar-refractivity contribution in [3.63, 3.8) is 0 Å². The van der Waals surface area contributed by atoms with E-state index < -0.39 is 86.8 Å². The molecule has 0 aromatic rings. The standard InChI is InChI=1S/C80H151NO13/c1-3-5-7-9-11-13-15-17-19-21-23-25-27-29-31-33-34-35-36-37-39-41-43-45-47-49-51-53-55-57-59-61-63-69(84)68(67-91-79-77(90)75(88)78(71(66-83)93-79)94-80-76(89)74(87)73(86)70(65-82)92-80)81-72(85)64-62-60-58-56-54-52-50-48-46-44-42-40-38-32-30-28-26-24-22-20-18-16-14-12-10-8-6-4-2/h45,47,53,55,61,63,68-71,73-80,82-84,86-90H,3-44,46,48-52,54,56-60,62,64-67H2,1-2H3,(H,81,85)/b47-45+,55-53+,63-61+. The molecule has 1 amide bonds. The Hall–Kier alpha value is -1.79. The van der Waals surface area contributed by atoms with Crippen LogP contribution in [0.1, 0.15) is 373 Å². The highest BCUT2D eigenvalue weighted by Gasteiger charge is 2.51. The third kappa shape index (κ3) is 47.3. The molecule has 0 aromatic carbocycles. The molecule has 0 saturated carbocycles. The summed E-state index contributed by atoms with van der Waals surface area (Å²) in [7, 11) is 0. The van der Waals surface area contributed by atoms with Crippen molar-refractivity contribution in [1.29, 1.82) is 0 Å². The third-order valence-corrected chi connectivity index (χ3v) is 19.8. The predicted molar refractivity (Wildman–Crippen MR) is 388 cm³/mol. The largest absolute Gasteiger partial charge is 0.394 e. The number of carbonyl (C=O) groups excluding carboxylic acids is 1. The molecule has 0 radical (unpaired) electrons. The van der Waals surface area contributed by atoms with Crippen LogP contribution in [-0.2, 0) is 23.7 Å². The van der Waals surface area contributed by atoms with Gasteiger partial charge in [-0.15, -0.1) is 0 Å². The summed E-state index contributed by atoms with van der Waals surface area (Å²) < 4.78 is 22.9. The Morgan fingerprint density at radius 1 is 0.372 bits per heavy atom. The molecule has 2 aliphatic rings. The van der Waals surface area contributed by atoms with Gasteiger partial charge in [-0.3, -0.25) is 4.79 Å². The van der Waals surface area contributed by atoms with Crippen LogP contribution in [0.5, 0.6) is 0 Å². The van der Waals surface area contributed by atoms with Gasteiger partial charge in [0, 0.05) is 6.42 Å². The van der Waals surface area contributed by atoms with Crippen LogP contribution < -0.4 is 5.32 Å². The second-order valence-electron chi connectivity index (χ2n) is 28.5. The molecule has 0 bridgehead atoms. The minimum absolute atomic E-state index is 0.245. The van der Waals surface area contributed by atoms with E-state index in [-0.39, 0.29) is 18.9 Å². The Bertz CT molecular complexity index is 1720. The maximum absolute atomic E-state index is 13.4. The van der Waals surface area contributed by atoms with Crippen molar-refractivity contribution in [3.8, 4) is 0 Å². The molecule has 12 atom stereocenters. The lowest BCUT2D eigenvalue weighted by atomic mass is 9.97. The monoisotopic (exact) mass is 1330 g/mol. The average Bonchev–Trinajstić information content (AvgIpc) is 0.794. The quantitative estimate of drug-likeness (QED) is 0.0204. The molecular formula is C80H151NO13. The maximum atomic E-state index is 13.4. The molecule has 0 spiro atoms. The van der Waals surface area contributed by atoms with Gasteiger partial charge < -0.3 is 65.1 Å². The van der Waals surface area contributed by atoms with E-state index in [0.29, 0.717) is 12.8 Å². The minimum atomic E-state index is -1.79. The number of hydrogen-bond acceptors (Lipinski definition) is 13. The molecule has 0 aliphatic carbocycles. The molecule has 14 nitrogen and oxygen atoms in total. The zero-order valence-corrected chi connectivity index (χ0v) is 60.7. The number of allylic oxidation sites excluding steroid dienone is 5. The van der Waals surface area contributed by atoms with Crippen molar-refractivity contribution in [3.05, 3.63) is 36.5 Å². The Balaban J connectivity index is 1.64. The van der Waals surface area contributed by atoms with E-state index in [0.717, 1.165) is 44.9 Å². The van der Waals surface area contributed by atoms with Crippen LogP contribution >= 0.6 is 0 Å². The molecule has 2 heterocycles. The molecule has 9 N–H and O–H groups in total. The lowest BCUT2D eigenvalue weighted by Crippen LogP contribution is -2.65. The molecular weight excluding hydrogens is 1180 g/mol. The van der Waals surface area contributed by atoms with Gasteiger partial charge in [0.05, 0.1) is 32.0 Å². The zero-order valence-electron chi connectivity index (χ0n) is 60.7. The number of aliphatic hydroxyl groups excluding tert-OH is 8. The van der Waals surface area contributed by atoms with E-state index in [2.05, 4.69) is 43.5 Å². The first kappa shape index (κ1) is 88.3. The third-order valence-electron chi connectivity index (χ3n) is 19.8. The Morgan fingerprint density at radius 2 is 0.681 bits per heavy atom. The Kier molecular flexibility index (Phi) is 60.7. The SMILES string of the molecule is CCCCCCCCCCCCCCCCCCCCCCCC/C=C/CC/C=C/CC/C=C/C(O)C(COC1OC(CO)C(OC2OC(CO)C(O)C(O)C2O)C(O)C1O)NC(=O)CCCCCCCCCCCCCCCCCCCCCCCCCCCCCC. The summed E-state index contributed by atoms with van der Waals surface area (Å²) in [5, 5.41) is 87.6. The van der Waals surface area contributed by atoms with Crippen LogP contribution in [0.2, 0.25) is 0 Å².